The summed E-state index contributed by atoms with van der Waals surface area (Å²) in [5.74, 6) is 0.783. The molecule has 0 heterocycles. The third-order valence-corrected chi connectivity index (χ3v) is 2.40. The molecule has 1 aromatic rings. The van der Waals surface area contributed by atoms with E-state index in [2.05, 4.69) is 6.08 Å². The van der Waals surface area contributed by atoms with Gasteiger partial charge in [-0.1, -0.05) is 30.4 Å². The molecular formula is C14H20O3. The van der Waals surface area contributed by atoms with Crippen LogP contribution in [0.2, 0.25) is 0 Å². The molecule has 3 nitrogen and oxygen atoms in total. The number of rotatable bonds is 7. The number of allylic oxidation sites excluding steroid dienone is 1. The number of hydrogen-bond acceptors (Lipinski definition) is 3. The lowest BCUT2D eigenvalue weighted by atomic mass is 10.2. The van der Waals surface area contributed by atoms with Crippen molar-refractivity contribution in [3.05, 3.63) is 42.0 Å². The van der Waals surface area contributed by atoms with E-state index in [0.29, 0.717) is 6.61 Å². The van der Waals surface area contributed by atoms with Gasteiger partial charge >= 0.3 is 0 Å². The molecule has 0 amide bonds. The molecule has 1 rings (SSSR count). The van der Waals surface area contributed by atoms with Crippen LogP contribution in [-0.2, 0) is 9.47 Å². The first-order chi connectivity index (χ1) is 8.33. The van der Waals surface area contributed by atoms with Gasteiger partial charge in [-0.15, -0.1) is 0 Å². The Kier molecular flexibility index (Phi) is 6.37. The summed E-state index contributed by atoms with van der Waals surface area (Å²) in [5, 5.41) is 0. The molecule has 0 saturated heterocycles. The van der Waals surface area contributed by atoms with Crippen molar-refractivity contribution in [3.63, 3.8) is 0 Å². The van der Waals surface area contributed by atoms with Crippen molar-refractivity contribution in [3.8, 4) is 5.75 Å². The average Bonchev–Trinajstić information content (AvgIpc) is 2.39. The van der Waals surface area contributed by atoms with Crippen LogP contribution in [0.1, 0.15) is 25.2 Å². The van der Waals surface area contributed by atoms with E-state index in [1.807, 2.05) is 37.3 Å². The molecular weight excluding hydrogens is 216 g/mol. The van der Waals surface area contributed by atoms with Crippen molar-refractivity contribution in [2.75, 3.05) is 20.8 Å². The first-order valence-corrected chi connectivity index (χ1v) is 5.72. The van der Waals surface area contributed by atoms with Gasteiger partial charge < -0.3 is 14.2 Å². The minimum atomic E-state index is -0.378. The van der Waals surface area contributed by atoms with Crippen molar-refractivity contribution < 1.29 is 14.2 Å². The average molecular weight is 236 g/mol. The van der Waals surface area contributed by atoms with Crippen LogP contribution in [0.25, 0.3) is 0 Å². The van der Waals surface area contributed by atoms with Crippen molar-refractivity contribution in [2.24, 2.45) is 0 Å². The largest absolute Gasteiger partial charge is 0.496 e. The standard InChI is InChI=1S/C14H20O3/c1-4-5-8-11-17-14(16-3)12-9-6-7-10-13(12)15-2/h4-7,9-10,14H,8,11H2,1-3H3/b5-4-/t14-/m1/s1. The maximum Gasteiger partial charge on any atom is 0.187 e. The molecule has 1 aromatic carbocycles. The summed E-state index contributed by atoms with van der Waals surface area (Å²) in [4.78, 5) is 0. The molecule has 0 aliphatic carbocycles. The molecule has 3 heteroatoms. The second-order valence-electron chi connectivity index (χ2n) is 3.54. The minimum Gasteiger partial charge on any atom is -0.496 e. The molecule has 0 spiro atoms. The summed E-state index contributed by atoms with van der Waals surface area (Å²) in [6.45, 7) is 2.62. The predicted molar refractivity (Wildman–Crippen MR) is 68.1 cm³/mol. The molecule has 17 heavy (non-hydrogen) atoms. The Hall–Kier alpha value is -1.32. The van der Waals surface area contributed by atoms with E-state index in [9.17, 15) is 0 Å². The van der Waals surface area contributed by atoms with Gasteiger partial charge in [0.1, 0.15) is 5.75 Å². The number of ether oxygens (including phenoxy) is 3. The maximum absolute atomic E-state index is 5.67. The van der Waals surface area contributed by atoms with Crippen molar-refractivity contribution >= 4 is 0 Å². The van der Waals surface area contributed by atoms with Gasteiger partial charge in [0.2, 0.25) is 0 Å². The second-order valence-corrected chi connectivity index (χ2v) is 3.54. The number of methoxy groups -OCH3 is 2. The Bertz CT molecular complexity index is 347. The van der Waals surface area contributed by atoms with Crippen LogP contribution < -0.4 is 4.74 Å². The first kappa shape index (κ1) is 13.7. The quantitative estimate of drug-likeness (QED) is 0.413. The molecule has 94 valence electrons. The smallest absolute Gasteiger partial charge is 0.187 e. The van der Waals surface area contributed by atoms with Crippen LogP contribution >= 0.6 is 0 Å². The monoisotopic (exact) mass is 236 g/mol. The van der Waals surface area contributed by atoms with E-state index in [1.54, 1.807) is 14.2 Å². The molecule has 0 saturated carbocycles. The molecule has 0 aliphatic rings. The third kappa shape index (κ3) is 4.21. The Morgan fingerprint density at radius 2 is 2.00 bits per heavy atom. The van der Waals surface area contributed by atoms with Gasteiger partial charge in [0.05, 0.1) is 13.7 Å². The molecule has 0 fully saturated rings. The van der Waals surface area contributed by atoms with Gasteiger partial charge in [-0.25, -0.2) is 0 Å². The minimum absolute atomic E-state index is 0.378. The highest BCUT2D eigenvalue weighted by Crippen LogP contribution is 2.27. The van der Waals surface area contributed by atoms with E-state index >= 15 is 0 Å². The summed E-state index contributed by atoms with van der Waals surface area (Å²) in [6, 6.07) is 7.72. The van der Waals surface area contributed by atoms with Gasteiger partial charge in [0.15, 0.2) is 6.29 Å². The van der Waals surface area contributed by atoms with E-state index in [1.165, 1.54) is 0 Å². The highest BCUT2D eigenvalue weighted by atomic mass is 16.7. The van der Waals surface area contributed by atoms with Crippen LogP contribution in [-0.4, -0.2) is 20.8 Å². The number of para-hydroxylation sites is 1. The lowest BCUT2D eigenvalue weighted by molar-refractivity contribution is -0.127. The summed E-state index contributed by atoms with van der Waals surface area (Å²) < 4.78 is 16.3. The summed E-state index contributed by atoms with van der Waals surface area (Å²) in [6.07, 6.45) is 4.57. The Morgan fingerprint density at radius 1 is 1.24 bits per heavy atom. The summed E-state index contributed by atoms with van der Waals surface area (Å²) in [5.41, 5.74) is 0.915. The molecule has 0 N–H and O–H groups in total. The second kappa shape index (κ2) is 7.87. The maximum atomic E-state index is 5.67. The van der Waals surface area contributed by atoms with Crippen LogP contribution in [0.3, 0.4) is 0 Å². The van der Waals surface area contributed by atoms with E-state index in [4.69, 9.17) is 14.2 Å². The highest BCUT2D eigenvalue weighted by Gasteiger charge is 2.14. The third-order valence-electron chi connectivity index (χ3n) is 2.40. The van der Waals surface area contributed by atoms with Crippen LogP contribution in [0.15, 0.2) is 36.4 Å². The van der Waals surface area contributed by atoms with Gasteiger partial charge in [0, 0.05) is 12.7 Å². The Morgan fingerprint density at radius 3 is 2.65 bits per heavy atom. The van der Waals surface area contributed by atoms with E-state index in [-0.39, 0.29) is 6.29 Å². The molecule has 0 aliphatic heterocycles. The van der Waals surface area contributed by atoms with Crippen LogP contribution in [0, 0.1) is 0 Å². The molecule has 1 atom stereocenters. The molecule has 0 unspecified atom stereocenters. The van der Waals surface area contributed by atoms with Crippen LogP contribution in [0.5, 0.6) is 5.75 Å². The number of benzene rings is 1. The van der Waals surface area contributed by atoms with E-state index < -0.39 is 0 Å². The van der Waals surface area contributed by atoms with E-state index in [0.717, 1.165) is 17.7 Å². The normalized spacial score (nSPS) is 12.9. The zero-order valence-electron chi connectivity index (χ0n) is 10.7. The predicted octanol–water partition coefficient (Wildman–Crippen LogP) is 3.32. The van der Waals surface area contributed by atoms with Gasteiger partial charge in [0.25, 0.3) is 0 Å². The number of hydrogen-bond donors (Lipinski definition) is 0. The fraction of sp³-hybridized carbons (Fsp3) is 0.429. The lowest BCUT2D eigenvalue weighted by Crippen LogP contribution is -2.08. The zero-order valence-corrected chi connectivity index (χ0v) is 10.7. The van der Waals surface area contributed by atoms with Crippen LogP contribution in [0.4, 0.5) is 0 Å². The van der Waals surface area contributed by atoms with Gasteiger partial charge in [-0.05, 0) is 19.4 Å². The Labute approximate surface area is 103 Å². The molecule has 0 bridgehead atoms. The zero-order chi connectivity index (χ0) is 12.5. The van der Waals surface area contributed by atoms with Crippen molar-refractivity contribution in [1.29, 1.82) is 0 Å². The highest BCUT2D eigenvalue weighted by molar-refractivity contribution is 5.34. The first-order valence-electron chi connectivity index (χ1n) is 5.72. The fourth-order valence-corrected chi connectivity index (χ4v) is 1.56. The van der Waals surface area contributed by atoms with Crippen molar-refractivity contribution in [1.82, 2.24) is 0 Å². The SMILES string of the molecule is C/C=C\CCO[C@@H](OC)c1ccccc1OC. The molecule has 0 radical (unpaired) electrons. The van der Waals surface area contributed by atoms with Gasteiger partial charge in [-0.3, -0.25) is 0 Å². The molecule has 0 aromatic heterocycles. The topological polar surface area (TPSA) is 27.7 Å². The van der Waals surface area contributed by atoms with Gasteiger partial charge in [-0.2, -0.15) is 0 Å². The van der Waals surface area contributed by atoms with Crippen molar-refractivity contribution in [2.45, 2.75) is 19.6 Å². The fourth-order valence-electron chi connectivity index (χ4n) is 1.56. The summed E-state index contributed by atoms with van der Waals surface area (Å²) >= 11 is 0. The lowest BCUT2D eigenvalue weighted by Gasteiger charge is -2.18. The Balaban J connectivity index is 2.65. The summed E-state index contributed by atoms with van der Waals surface area (Å²) in [7, 11) is 3.28.